The number of nitrogens with zero attached hydrogens (tertiary/aromatic N) is 1. The molecule has 0 aromatic rings. The molecule has 0 saturated carbocycles. The molecule has 18 heavy (non-hydrogen) atoms. The van der Waals surface area contributed by atoms with Gasteiger partial charge < -0.3 is 25.4 Å². The number of morpholine rings is 1. The minimum Gasteiger partial charge on any atom is -0.385 e. The molecule has 3 N–H and O–H groups in total. The quantitative estimate of drug-likeness (QED) is 0.585. The molecule has 6 nitrogen and oxygen atoms in total. The Hall–Kier alpha value is -0.690. The summed E-state index contributed by atoms with van der Waals surface area (Å²) in [6.07, 6.45) is 1.51. The van der Waals surface area contributed by atoms with Gasteiger partial charge in [-0.05, 0) is 19.9 Å². The maximum absolute atomic E-state index is 11.7. The molecule has 2 atom stereocenters. The summed E-state index contributed by atoms with van der Waals surface area (Å²) in [4.78, 5) is 13.9. The number of ether oxygens (including phenoxy) is 2. The molecule has 0 bridgehead atoms. The van der Waals surface area contributed by atoms with Gasteiger partial charge in [-0.3, -0.25) is 4.79 Å². The van der Waals surface area contributed by atoms with Crippen molar-refractivity contribution in [2.45, 2.75) is 25.0 Å². The van der Waals surface area contributed by atoms with Crippen molar-refractivity contribution in [3.8, 4) is 0 Å². The number of hydrogen-bond acceptors (Lipinski definition) is 5. The van der Waals surface area contributed by atoms with Gasteiger partial charge in [0.15, 0.2) is 0 Å². The maximum atomic E-state index is 11.7. The van der Waals surface area contributed by atoms with Crippen LogP contribution in [-0.2, 0) is 14.3 Å². The maximum Gasteiger partial charge on any atom is 0.237 e. The second-order valence-electron chi connectivity index (χ2n) is 4.74. The number of nitrogens with two attached hydrogens (primary N) is 1. The molecule has 6 heteroatoms. The molecular formula is C12H25N3O3. The second-order valence-corrected chi connectivity index (χ2v) is 4.74. The number of carbonyl (C=O) groups excluding carboxylic acids is 1. The largest absolute Gasteiger partial charge is 0.385 e. The first-order chi connectivity index (χ1) is 8.63. The van der Waals surface area contributed by atoms with E-state index in [9.17, 15) is 4.79 Å². The van der Waals surface area contributed by atoms with Gasteiger partial charge in [0.25, 0.3) is 0 Å². The Bertz CT molecular complexity index is 251. The topological polar surface area (TPSA) is 76.8 Å². The standard InChI is InChI=1S/C12H25N3O3/c1-15-5-7-18-10(9-15)8-14-12(16)11(13)4-3-6-17-2/h10-11H,3-9,13H2,1-2H3,(H,14,16). The van der Waals surface area contributed by atoms with E-state index < -0.39 is 6.04 Å². The summed E-state index contributed by atoms with van der Waals surface area (Å²) >= 11 is 0. The van der Waals surface area contributed by atoms with Gasteiger partial charge in [0.1, 0.15) is 0 Å². The molecule has 0 aliphatic carbocycles. The number of likely N-dealkylation sites (N-methyl/N-ethyl adjacent to an activating group) is 1. The van der Waals surface area contributed by atoms with Gasteiger partial charge >= 0.3 is 0 Å². The van der Waals surface area contributed by atoms with Crippen molar-refractivity contribution in [1.82, 2.24) is 10.2 Å². The third-order valence-corrected chi connectivity index (χ3v) is 3.05. The summed E-state index contributed by atoms with van der Waals surface area (Å²) in [7, 11) is 3.69. The monoisotopic (exact) mass is 259 g/mol. The van der Waals surface area contributed by atoms with Crippen LogP contribution in [0.15, 0.2) is 0 Å². The van der Waals surface area contributed by atoms with Crippen molar-refractivity contribution in [3.05, 3.63) is 0 Å². The van der Waals surface area contributed by atoms with E-state index in [-0.39, 0.29) is 12.0 Å². The Morgan fingerprint density at radius 2 is 2.44 bits per heavy atom. The van der Waals surface area contributed by atoms with E-state index >= 15 is 0 Å². The van der Waals surface area contributed by atoms with Gasteiger partial charge in [0.2, 0.25) is 5.91 Å². The average molecular weight is 259 g/mol. The molecule has 0 radical (unpaired) electrons. The summed E-state index contributed by atoms with van der Waals surface area (Å²) < 4.78 is 10.5. The van der Waals surface area contributed by atoms with Crippen LogP contribution in [0.25, 0.3) is 0 Å². The zero-order chi connectivity index (χ0) is 13.4. The zero-order valence-electron chi connectivity index (χ0n) is 11.4. The van der Waals surface area contributed by atoms with E-state index in [1.54, 1.807) is 7.11 Å². The molecule has 0 aromatic heterocycles. The minimum absolute atomic E-state index is 0.0684. The molecule has 2 unspecified atom stereocenters. The van der Waals surface area contributed by atoms with Crippen molar-refractivity contribution in [2.24, 2.45) is 5.73 Å². The van der Waals surface area contributed by atoms with Gasteiger partial charge in [-0.25, -0.2) is 0 Å². The van der Waals surface area contributed by atoms with E-state index in [0.29, 0.717) is 19.6 Å². The Kier molecular flexibility index (Phi) is 7.19. The van der Waals surface area contributed by atoms with Crippen LogP contribution in [0.5, 0.6) is 0 Å². The zero-order valence-corrected chi connectivity index (χ0v) is 11.4. The van der Waals surface area contributed by atoms with E-state index in [4.69, 9.17) is 15.2 Å². The molecule has 1 aliphatic heterocycles. The molecule has 1 amide bonds. The normalized spacial score (nSPS) is 22.7. The van der Waals surface area contributed by atoms with Crippen LogP contribution in [-0.4, -0.2) is 70.0 Å². The number of amides is 1. The van der Waals surface area contributed by atoms with Crippen molar-refractivity contribution in [3.63, 3.8) is 0 Å². The first-order valence-electron chi connectivity index (χ1n) is 6.46. The highest BCUT2D eigenvalue weighted by Crippen LogP contribution is 2.02. The van der Waals surface area contributed by atoms with Crippen LogP contribution >= 0.6 is 0 Å². The van der Waals surface area contributed by atoms with Gasteiger partial charge in [-0.2, -0.15) is 0 Å². The average Bonchev–Trinajstić information content (AvgIpc) is 2.36. The fourth-order valence-electron chi connectivity index (χ4n) is 1.91. The van der Waals surface area contributed by atoms with Crippen molar-refractivity contribution >= 4 is 5.91 Å². The molecule has 1 aliphatic rings. The number of hydrogen-bond donors (Lipinski definition) is 2. The Labute approximate surface area is 109 Å². The van der Waals surface area contributed by atoms with Crippen LogP contribution in [0.4, 0.5) is 0 Å². The summed E-state index contributed by atoms with van der Waals surface area (Å²) in [5.74, 6) is -0.108. The number of nitrogens with one attached hydrogen (secondary N) is 1. The van der Waals surface area contributed by atoms with Gasteiger partial charge in [0.05, 0.1) is 18.8 Å². The van der Waals surface area contributed by atoms with Crippen LogP contribution < -0.4 is 11.1 Å². The molecule has 1 rings (SSSR count). The Morgan fingerprint density at radius 1 is 1.67 bits per heavy atom. The summed E-state index contributed by atoms with van der Waals surface area (Å²) in [5.41, 5.74) is 5.78. The SMILES string of the molecule is COCCCC(N)C(=O)NCC1CN(C)CCO1. The van der Waals surface area contributed by atoms with E-state index in [1.807, 2.05) is 7.05 Å². The molecule has 1 heterocycles. The van der Waals surface area contributed by atoms with Crippen molar-refractivity contribution < 1.29 is 14.3 Å². The van der Waals surface area contributed by atoms with E-state index in [1.165, 1.54) is 0 Å². The van der Waals surface area contributed by atoms with Crippen LogP contribution in [0, 0.1) is 0 Å². The van der Waals surface area contributed by atoms with Gasteiger partial charge in [0, 0.05) is 33.4 Å². The number of rotatable bonds is 7. The number of carbonyl (C=O) groups is 1. The summed E-state index contributed by atoms with van der Waals surface area (Å²) in [6.45, 7) is 3.68. The molecule has 106 valence electrons. The Balaban J connectivity index is 2.15. The lowest BCUT2D eigenvalue weighted by molar-refractivity contribution is -0.123. The fourth-order valence-corrected chi connectivity index (χ4v) is 1.91. The van der Waals surface area contributed by atoms with E-state index in [2.05, 4.69) is 10.2 Å². The first-order valence-corrected chi connectivity index (χ1v) is 6.46. The highest BCUT2D eigenvalue weighted by Gasteiger charge is 2.19. The molecule has 1 fully saturated rings. The van der Waals surface area contributed by atoms with Crippen LogP contribution in [0.1, 0.15) is 12.8 Å². The molecule has 0 spiro atoms. The van der Waals surface area contributed by atoms with Crippen LogP contribution in [0.2, 0.25) is 0 Å². The predicted octanol–water partition coefficient (Wildman–Crippen LogP) is -0.813. The fraction of sp³-hybridized carbons (Fsp3) is 0.917. The van der Waals surface area contributed by atoms with E-state index in [0.717, 1.165) is 26.1 Å². The first kappa shape index (κ1) is 15.4. The van der Waals surface area contributed by atoms with Gasteiger partial charge in [-0.1, -0.05) is 0 Å². The molecule has 1 saturated heterocycles. The third-order valence-electron chi connectivity index (χ3n) is 3.05. The summed E-state index contributed by atoms with van der Waals surface area (Å²) in [5, 5.41) is 2.84. The lowest BCUT2D eigenvalue weighted by Gasteiger charge is -2.30. The lowest BCUT2D eigenvalue weighted by Crippen LogP contribution is -2.49. The van der Waals surface area contributed by atoms with Gasteiger partial charge in [-0.15, -0.1) is 0 Å². The highest BCUT2D eigenvalue weighted by atomic mass is 16.5. The number of methoxy groups -OCH3 is 1. The Morgan fingerprint density at radius 3 is 3.11 bits per heavy atom. The second kappa shape index (κ2) is 8.42. The highest BCUT2D eigenvalue weighted by molar-refractivity contribution is 5.81. The summed E-state index contributed by atoms with van der Waals surface area (Å²) in [6, 6.07) is -0.457. The third kappa shape index (κ3) is 5.77. The lowest BCUT2D eigenvalue weighted by atomic mass is 10.1. The van der Waals surface area contributed by atoms with Crippen molar-refractivity contribution in [1.29, 1.82) is 0 Å². The minimum atomic E-state index is -0.457. The molecule has 0 aromatic carbocycles. The van der Waals surface area contributed by atoms with Crippen LogP contribution in [0.3, 0.4) is 0 Å². The smallest absolute Gasteiger partial charge is 0.237 e. The van der Waals surface area contributed by atoms with Crippen molar-refractivity contribution in [2.75, 3.05) is 47.0 Å². The molecular weight excluding hydrogens is 234 g/mol. The predicted molar refractivity (Wildman–Crippen MR) is 69.3 cm³/mol.